The number of hydrogen-bond donors (Lipinski definition) is 2. The van der Waals surface area contributed by atoms with Gasteiger partial charge in [0.05, 0.1) is 19.0 Å². The molecule has 0 amide bonds. The predicted molar refractivity (Wildman–Crippen MR) is 48.0 cm³/mol. The van der Waals surface area contributed by atoms with Gasteiger partial charge in [-0.05, 0) is 0 Å². The predicted octanol–water partition coefficient (Wildman–Crippen LogP) is -0.676. The van der Waals surface area contributed by atoms with Gasteiger partial charge in [-0.3, -0.25) is 14.6 Å². The highest BCUT2D eigenvalue weighted by atomic mass is 32.2. The van der Waals surface area contributed by atoms with Gasteiger partial charge in [0.15, 0.2) is 5.75 Å². The maximum Gasteiger partial charge on any atom is 0.322 e. The fraction of sp³-hybridized carbons (Fsp3) is 0.333. The minimum Gasteiger partial charge on any atom is -0.468 e. The van der Waals surface area contributed by atoms with Crippen LogP contribution in [0.25, 0.3) is 0 Å². The smallest absolute Gasteiger partial charge is 0.322 e. The average Bonchev–Trinajstić information content (AvgIpc) is 2.54. The summed E-state index contributed by atoms with van der Waals surface area (Å²) in [5.41, 5.74) is 0.272. The van der Waals surface area contributed by atoms with E-state index in [1.165, 1.54) is 12.4 Å². The third-order valence-corrected chi connectivity index (χ3v) is 2.47. The van der Waals surface area contributed by atoms with E-state index in [1.807, 2.05) is 0 Å². The highest BCUT2D eigenvalue weighted by Gasteiger charge is 2.16. The number of hydrogen-bond acceptors (Lipinski definition) is 5. The van der Waals surface area contributed by atoms with Crippen molar-refractivity contribution in [2.75, 3.05) is 17.6 Å². The number of carbonyl (C=O) groups is 1. The zero-order valence-corrected chi connectivity index (χ0v) is 8.17. The number of nitrogens with one attached hydrogen (secondary N) is 2. The molecular formula is C6H9N3O4S. The Labute approximate surface area is 80.5 Å². The van der Waals surface area contributed by atoms with Crippen LogP contribution in [0.1, 0.15) is 0 Å². The molecule has 0 radical (unpaired) electrons. The molecule has 0 aliphatic heterocycles. The number of sulfonamides is 1. The number of rotatable bonds is 4. The zero-order chi connectivity index (χ0) is 10.6. The summed E-state index contributed by atoms with van der Waals surface area (Å²) in [7, 11) is -2.58. The minimum absolute atomic E-state index is 0.272. The second-order valence-electron chi connectivity index (χ2n) is 2.42. The fourth-order valence-corrected chi connectivity index (χ4v) is 1.71. The summed E-state index contributed by atoms with van der Waals surface area (Å²) in [5, 5.41) is 5.96. The first-order valence-electron chi connectivity index (χ1n) is 3.59. The van der Waals surface area contributed by atoms with Gasteiger partial charge in [0.25, 0.3) is 0 Å². The van der Waals surface area contributed by atoms with Gasteiger partial charge in [-0.1, -0.05) is 0 Å². The van der Waals surface area contributed by atoms with Crippen LogP contribution in [-0.2, 0) is 19.6 Å². The molecule has 0 spiro atoms. The zero-order valence-electron chi connectivity index (χ0n) is 7.35. The van der Waals surface area contributed by atoms with Gasteiger partial charge in [-0.15, -0.1) is 0 Å². The van der Waals surface area contributed by atoms with E-state index in [1.54, 1.807) is 0 Å². The number of anilines is 1. The molecule has 1 rings (SSSR count). The van der Waals surface area contributed by atoms with E-state index in [2.05, 4.69) is 19.7 Å². The number of carbonyl (C=O) groups excluding carboxylic acids is 1. The third-order valence-electron chi connectivity index (χ3n) is 1.31. The molecule has 0 atom stereocenters. The summed E-state index contributed by atoms with van der Waals surface area (Å²) in [6, 6.07) is 0. The fourth-order valence-electron chi connectivity index (χ4n) is 0.736. The standard InChI is InChI=1S/C6H9N3O4S/c1-13-6(10)4-14(11,12)9-5-2-7-8-3-5/h2-3,9H,4H2,1H3,(H,7,8). The molecule has 0 aromatic carbocycles. The molecule has 0 saturated carbocycles. The lowest BCUT2D eigenvalue weighted by molar-refractivity contribution is -0.137. The number of ether oxygens (including phenoxy) is 1. The number of esters is 1. The van der Waals surface area contributed by atoms with Gasteiger partial charge in [0.1, 0.15) is 0 Å². The normalized spacial score (nSPS) is 10.9. The van der Waals surface area contributed by atoms with Gasteiger partial charge in [-0.25, -0.2) is 8.42 Å². The molecule has 0 aliphatic carbocycles. The first-order valence-corrected chi connectivity index (χ1v) is 5.25. The highest BCUT2D eigenvalue weighted by molar-refractivity contribution is 7.93. The largest absolute Gasteiger partial charge is 0.468 e. The first kappa shape index (κ1) is 10.5. The van der Waals surface area contributed by atoms with Crippen LogP contribution in [0.3, 0.4) is 0 Å². The first-order chi connectivity index (χ1) is 6.53. The van der Waals surface area contributed by atoms with Gasteiger partial charge in [0, 0.05) is 6.20 Å². The lowest BCUT2D eigenvalue weighted by Gasteiger charge is -2.03. The Morgan fingerprint density at radius 3 is 2.93 bits per heavy atom. The van der Waals surface area contributed by atoms with Crippen molar-refractivity contribution in [3.05, 3.63) is 12.4 Å². The monoisotopic (exact) mass is 219 g/mol. The van der Waals surface area contributed by atoms with Crippen molar-refractivity contribution in [3.63, 3.8) is 0 Å². The van der Waals surface area contributed by atoms with Gasteiger partial charge in [0.2, 0.25) is 10.0 Å². The third kappa shape index (κ3) is 3.05. The SMILES string of the molecule is COC(=O)CS(=O)(=O)Nc1cn[nH]c1. The summed E-state index contributed by atoms with van der Waals surface area (Å²) in [5.74, 6) is -1.53. The molecule has 8 heteroatoms. The molecule has 7 nitrogen and oxygen atoms in total. The van der Waals surface area contributed by atoms with E-state index in [4.69, 9.17) is 0 Å². The van der Waals surface area contributed by atoms with E-state index in [9.17, 15) is 13.2 Å². The molecule has 2 N–H and O–H groups in total. The van der Waals surface area contributed by atoms with Crippen molar-refractivity contribution < 1.29 is 17.9 Å². The molecule has 0 aliphatic rings. The topological polar surface area (TPSA) is 101 Å². The molecule has 1 aromatic rings. The molecule has 78 valence electrons. The Bertz CT molecular complexity index is 397. The molecule has 0 saturated heterocycles. The number of aromatic amines is 1. The van der Waals surface area contributed by atoms with E-state index in [0.717, 1.165) is 7.11 Å². The Kier molecular flexibility index (Phi) is 3.07. The van der Waals surface area contributed by atoms with E-state index >= 15 is 0 Å². The Hall–Kier alpha value is -1.57. The van der Waals surface area contributed by atoms with Crippen molar-refractivity contribution >= 4 is 21.7 Å². The summed E-state index contributed by atoms with van der Waals surface area (Å²) < 4.78 is 28.8. The summed E-state index contributed by atoms with van der Waals surface area (Å²) >= 11 is 0. The van der Waals surface area contributed by atoms with Crippen LogP contribution in [0.5, 0.6) is 0 Å². The second-order valence-corrected chi connectivity index (χ2v) is 4.15. The maximum absolute atomic E-state index is 11.2. The molecule has 1 heterocycles. The van der Waals surface area contributed by atoms with Crippen LogP contribution in [-0.4, -0.2) is 37.4 Å². The van der Waals surface area contributed by atoms with Crippen LogP contribution >= 0.6 is 0 Å². The van der Waals surface area contributed by atoms with Crippen molar-refractivity contribution in [1.82, 2.24) is 10.2 Å². The molecule has 14 heavy (non-hydrogen) atoms. The molecule has 1 aromatic heterocycles. The van der Waals surface area contributed by atoms with Crippen molar-refractivity contribution in [2.45, 2.75) is 0 Å². The van der Waals surface area contributed by atoms with Crippen LogP contribution in [0, 0.1) is 0 Å². The minimum atomic E-state index is -3.70. The number of methoxy groups -OCH3 is 1. The summed E-state index contributed by atoms with van der Waals surface area (Å²) in [6.07, 6.45) is 2.64. The number of nitrogens with zero attached hydrogens (tertiary/aromatic N) is 1. The highest BCUT2D eigenvalue weighted by Crippen LogP contribution is 2.04. The maximum atomic E-state index is 11.2. The lowest BCUT2D eigenvalue weighted by atomic mass is 10.6. The molecule has 0 unspecified atom stereocenters. The van der Waals surface area contributed by atoms with Crippen LogP contribution < -0.4 is 4.72 Å². The lowest BCUT2D eigenvalue weighted by Crippen LogP contribution is -2.23. The average molecular weight is 219 g/mol. The van der Waals surface area contributed by atoms with Crippen LogP contribution in [0.4, 0.5) is 5.69 Å². The Morgan fingerprint density at radius 1 is 1.71 bits per heavy atom. The molecule has 0 fully saturated rings. The van der Waals surface area contributed by atoms with Crippen molar-refractivity contribution in [1.29, 1.82) is 0 Å². The van der Waals surface area contributed by atoms with E-state index in [0.29, 0.717) is 0 Å². The quantitative estimate of drug-likeness (QED) is 0.653. The van der Waals surface area contributed by atoms with Crippen LogP contribution in [0.15, 0.2) is 12.4 Å². The molecular weight excluding hydrogens is 210 g/mol. The van der Waals surface area contributed by atoms with Gasteiger partial charge in [-0.2, -0.15) is 5.10 Å². The van der Waals surface area contributed by atoms with Crippen LogP contribution in [0.2, 0.25) is 0 Å². The Balaban J connectivity index is 2.64. The number of H-pyrrole nitrogens is 1. The molecule has 0 bridgehead atoms. The Morgan fingerprint density at radius 2 is 2.43 bits per heavy atom. The van der Waals surface area contributed by atoms with E-state index < -0.39 is 21.7 Å². The van der Waals surface area contributed by atoms with Crippen molar-refractivity contribution in [2.24, 2.45) is 0 Å². The number of aromatic nitrogens is 2. The summed E-state index contributed by atoms with van der Waals surface area (Å²) in [6.45, 7) is 0. The van der Waals surface area contributed by atoms with Crippen molar-refractivity contribution in [3.8, 4) is 0 Å². The second kappa shape index (κ2) is 4.09. The van der Waals surface area contributed by atoms with Gasteiger partial charge < -0.3 is 4.74 Å². The van der Waals surface area contributed by atoms with E-state index in [-0.39, 0.29) is 5.69 Å². The summed E-state index contributed by atoms with van der Waals surface area (Å²) in [4.78, 5) is 10.7. The van der Waals surface area contributed by atoms with Gasteiger partial charge >= 0.3 is 5.97 Å².